The zero-order chi connectivity index (χ0) is 11.9. The summed E-state index contributed by atoms with van der Waals surface area (Å²) < 4.78 is 4.73. The third-order valence-electron chi connectivity index (χ3n) is 2.53. The second-order valence-corrected chi connectivity index (χ2v) is 3.73. The highest BCUT2D eigenvalue weighted by Crippen LogP contribution is 2.17. The Morgan fingerprint density at radius 3 is 2.67 bits per heavy atom. The van der Waals surface area contributed by atoms with E-state index in [-0.39, 0.29) is 11.9 Å². The molecule has 0 saturated carbocycles. The van der Waals surface area contributed by atoms with Gasteiger partial charge >= 0.3 is 5.97 Å². The number of ether oxygens (including phenoxy) is 1. The van der Waals surface area contributed by atoms with Gasteiger partial charge in [-0.1, -0.05) is 19.0 Å². The molecule has 0 rings (SSSR count). The minimum absolute atomic E-state index is 0.0935. The lowest BCUT2D eigenvalue weighted by Gasteiger charge is -2.31. The molecule has 0 heterocycles. The van der Waals surface area contributed by atoms with Gasteiger partial charge in [0.1, 0.15) is 5.54 Å². The van der Waals surface area contributed by atoms with Crippen LogP contribution in [0.15, 0.2) is 5.11 Å². The third-order valence-corrected chi connectivity index (χ3v) is 2.53. The first-order valence-corrected chi connectivity index (χ1v) is 4.83. The Balaban J connectivity index is 4.38. The van der Waals surface area contributed by atoms with Gasteiger partial charge in [0.15, 0.2) is 0 Å². The van der Waals surface area contributed by atoms with E-state index in [0.29, 0.717) is 13.1 Å². The minimum Gasteiger partial charge on any atom is -0.468 e. The van der Waals surface area contributed by atoms with E-state index in [1.54, 1.807) is 6.92 Å². The third kappa shape index (κ3) is 3.77. The predicted molar refractivity (Wildman–Crippen MR) is 57.3 cm³/mol. The number of carbonyl (C=O) groups excluding carboxylic acids is 1. The molecule has 86 valence electrons. The van der Waals surface area contributed by atoms with Gasteiger partial charge in [-0.25, -0.2) is 0 Å². The normalized spacial score (nSPS) is 14.2. The van der Waals surface area contributed by atoms with Crippen LogP contribution in [0.2, 0.25) is 0 Å². The molecule has 0 aliphatic rings. The molecule has 0 aliphatic carbocycles. The van der Waals surface area contributed by atoms with Gasteiger partial charge in [0.2, 0.25) is 0 Å². The summed E-state index contributed by atoms with van der Waals surface area (Å²) in [5.41, 5.74) is 7.36. The van der Waals surface area contributed by atoms with E-state index in [0.717, 1.165) is 0 Å². The topological polar surface area (TPSA) is 87.1 Å². The molecule has 0 aromatic heterocycles. The minimum atomic E-state index is -0.736. The summed E-state index contributed by atoms with van der Waals surface area (Å²) in [6, 6.07) is 0. The lowest BCUT2D eigenvalue weighted by atomic mass is 9.88. The van der Waals surface area contributed by atoms with Gasteiger partial charge in [-0.15, -0.1) is 0 Å². The van der Waals surface area contributed by atoms with Gasteiger partial charge in [0.25, 0.3) is 0 Å². The maximum atomic E-state index is 11.6. The van der Waals surface area contributed by atoms with E-state index in [9.17, 15) is 4.79 Å². The van der Waals surface area contributed by atoms with E-state index >= 15 is 0 Å². The molecule has 6 heteroatoms. The van der Waals surface area contributed by atoms with Crippen LogP contribution in [0.5, 0.6) is 0 Å². The van der Waals surface area contributed by atoms with Crippen molar-refractivity contribution in [1.82, 2.24) is 5.32 Å². The molecule has 0 radical (unpaired) electrons. The number of methoxy groups -OCH3 is 1. The van der Waals surface area contributed by atoms with Crippen molar-refractivity contribution in [3.63, 3.8) is 0 Å². The summed E-state index contributed by atoms with van der Waals surface area (Å²) in [7, 11) is 1.36. The molecule has 0 spiro atoms. The first-order valence-electron chi connectivity index (χ1n) is 4.83. The Morgan fingerprint density at radius 2 is 2.27 bits per heavy atom. The molecule has 1 N–H and O–H groups in total. The molecule has 0 aromatic rings. The van der Waals surface area contributed by atoms with Crippen LogP contribution in [-0.4, -0.2) is 31.7 Å². The van der Waals surface area contributed by atoms with Crippen molar-refractivity contribution in [2.75, 3.05) is 20.2 Å². The van der Waals surface area contributed by atoms with Gasteiger partial charge in [0, 0.05) is 18.0 Å². The number of carbonyl (C=O) groups is 1. The van der Waals surface area contributed by atoms with Crippen LogP contribution in [0.3, 0.4) is 0 Å². The summed E-state index contributed by atoms with van der Waals surface area (Å²) in [5.74, 6) is -0.213. The molecule has 15 heavy (non-hydrogen) atoms. The highest BCUT2D eigenvalue weighted by Gasteiger charge is 2.36. The number of azide groups is 1. The fourth-order valence-electron chi connectivity index (χ4n) is 1.13. The number of nitrogens with zero attached hydrogens (tertiary/aromatic N) is 3. The Hall–Kier alpha value is -1.26. The molecular formula is C9H18N4O2. The van der Waals surface area contributed by atoms with Crippen molar-refractivity contribution >= 4 is 5.97 Å². The summed E-state index contributed by atoms with van der Waals surface area (Å²) in [6.45, 7) is 6.40. The molecule has 0 saturated heterocycles. The molecule has 0 fully saturated rings. The van der Waals surface area contributed by atoms with Crippen LogP contribution in [0.4, 0.5) is 0 Å². The van der Waals surface area contributed by atoms with Crippen LogP contribution < -0.4 is 5.32 Å². The zero-order valence-electron chi connectivity index (χ0n) is 9.65. The molecule has 1 unspecified atom stereocenters. The van der Waals surface area contributed by atoms with Gasteiger partial charge in [0.05, 0.1) is 7.11 Å². The van der Waals surface area contributed by atoms with Crippen LogP contribution in [0, 0.1) is 5.92 Å². The van der Waals surface area contributed by atoms with Crippen LogP contribution in [-0.2, 0) is 9.53 Å². The Morgan fingerprint density at radius 1 is 1.67 bits per heavy atom. The second-order valence-electron chi connectivity index (χ2n) is 3.73. The van der Waals surface area contributed by atoms with Crippen LogP contribution in [0.1, 0.15) is 20.8 Å². The Bertz CT molecular complexity index is 261. The van der Waals surface area contributed by atoms with Crippen molar-refractivity contribution in [2.24, 2.45) is 11.0 Å². The van der Waals surface area contributed by atoms with Crippen LogP contribution in [0.25, 0.3) is 10.4 Å². The Labute approximate surface area is 89.6 Å². The lowest BCUT2D eigenvalue weighted by molar-refractivity contribution is -0.149. The number of esters is 1. The average Bonchev–Trinajstić information content (AvgIpc) is 2.22. The van der Waals surface area contributed by atoms with E-state index in [2.05, 4.69) is 15.3 Å². The van der Waals surface area contributed by atoms with Crippen molar-refractivity contribution in [3.05, 3.63) is 10.4 Å². The fraction of sp³-hybridized carbons (Fsp3) is 0.889. The number of hydrogen-bond acceptors (Lipinski definition) is 4. The average molecular weight is 214 g/mol. The lowest BCUT2D eigenvalue weighted by Crippen LogP contribution is -2.54. The molecule has 0 bridgehead atoms. The maximum absolute atomic E-state index is 11.6. The van der Waals surface area contributed by atoms with Gasteiger partial charge in [-0.2, -0.15) is 0 Å². The maximum Gasteiger partial charge on any atom is 0.326 e. The quantitative estimate of drug-likeness (QED) is 0.239. The van der Waals surface area contributed by atoms with E-state index in [4.69, 9.17) is 10.3 Å². The zero-order valence-corrected chi connectivity index (χ0v) is 9.65. The summed E-state index contributed by atoms with van der Waals surface area (Å²) in [6.07, 6.45) is 0. The van der Waals surface area contributed by atoms with Gasteiger partial charge in [-0.3, -0.25) is 4.79 Å². The molecular weight excluding hydrogens is 196 g/mol. The molecule has 1 atom stereocenters. The van der Waals surface area contributed by atoms with Gasteiger partial charge in [-0.05, 0) is 18.4 Å². The van der Waals surface area contributed by atoms with Crippen molar-refractivity contribution < 1.29 is 9.53 Å². The largest absolute Gasteiger partial charge is 0.468 e. The first kappa shape index (κ1) is 13.7. The molecule has 0 aromatic carbocycles. The van der Waals surface area contributed by atoms with Crippen molar-refractivity contribution in [2.45, 2.75) is 26.3 Å². The second kappa shape index (κ2) is 6.27. The number of hydrogen-bond donors (Lipinski definition) is 1. The van der Waals surface area contributed by atoms with Crippen LogP contribution >= 0.6 is 0 Å². The predicted octanol–water partition coefficient (Wildman–Crippen LogP) is 1.47. The standard InChI is InChI=1S/C9H18N4O2/c1-7(2)9(3,8(14)15-4)11-5-6-12-13-10/h7,11H,5-6H2,1-4H3. The highest BCUT2D eigenvalue weighted by molar-refractivity contribution is 5.80. The van der Waals surface area contributed by atoms with Crippen molar-refractivity contribution in [1.29, 1.82) is 0 Å². The SMILES string of the molecule is COC(=O)C(C)(NCCN=[N+]=[N-])C(C)C. The Kier molecular flexibility index (Phi) is 5.74. The van der Waals surface area contributed by atoms with Gasteiger partial charge < -0.3 is 10.1 Å². The summed E-state index contributed by atoms with van der Waals surface area (Å²) in [5, 5.41) is 6.43. The first-order chi connectivity index (χ1) is 6.99. The smallest absolute Gasteiger partial charge is 0.326 e. The monoisotopic (exact) mass is 214 g/mol. The number of rotatable bonds is 6. The van der Waals surface area contributed by atoms with Crippen molar-refractivity contribution in [3.8, 4) is 0 Å². The van der Waals surface area contributed by atoms with E-state index in [1.807, 2.05) is 13.8 Å². The molecule has 0 aliphatic heterocycles. The fourth-order valence-corrected chi connectivity index (χ4v) is 1.13. The van der Waals surface area contributed by atoms with E-state index in [1.165, 1.54) is 7.11 Å². The highest BCUT2D eigenvalue weighted by atomic mass is 16.5. The number of nitrogens with one attached hydrogen (secondary N) is 1. The summed E-state index contributed by atoms with van der Waals surface area (Å²) >= 11 is 0. The molecule has 6 nitrogen and oxygen atoms in total. The van der Waals surface area contributed by atoms with E-state index < -0.39 is 5.54 Å². The summed E-state index contributed by atoms with van der Waals surface area (Å²) in [4.78, 5) is 14.2. The molecule has 0 amide bonds.